The topological polar surface area (TPSA) is 91.3 Å². The van der Waals surface area contributed by atoms with Gasteiger partial charge in [0, 0.05) is 13.0 Å². The largest absolute Gasteiger partial charge is 0.472 e. The second-order valence-corrected chi connectivity index (χ2v) is 14.0. The molecule has 0 amide bonds. The third-order valence-corrected chi connectivity index (χ3v) is 8.06. The van der Waals surface area contributed by atoms with Crippen molar-refractivity contribution in [3.63, 3.8) is 0 Å². The summed E-state index contributed by atoms with van der Waals surface area (Å²) in [5.41, 5.74) is 0. The summed E-state index contributed by atoms with van der Waals surface area (Å²) in [5.74, 6) is -0.327. The summed E-state index contributed by atoms with van der Waals surface area (Å²) in [6.07, 6.45) is 25.3. The van der Waals surface area contributed by atoms with E-state index in [4.69, 9.17) is 18.5 Å². The van der Waals surface area contributed by atoms with E-state index in [0.717, 1.165) is 38.5 Å². The molecule has 0 heterocycles. The van der Waals surface area contributed by atoms with Crippen LogP contribution < -0.4 is 0 Å². The van der Waals surface area contributed by atoms with Crippen LogP contribution in [0.4, 0.5) is 0 Å². The first-order chi connectivity index (χ1) is 20.1. The lowest BCUT2D eigenvalue weighted by molar-refractivity contribution is -0.870. The van der Waals surface area contributed by atoms with Gasteiger partial charge in [-0.1, -0.05) is 103 Å². The van der Waals surface area contributed by atoms with E-state index in [2.05, 4.69) is 26.0 Å². The molecule has 0 fully saturated rings. The zero-order valence-corrected chi connectivity index (χ0v) is 28.9. The molecule has 0 saturated heterocycles. The van der Waals surface area contributed by atoms with Crippen molar-refractivity contribution in [1.82, 2.24) is 0 Å². The summed E-state index contributed by atoms with van der Waals surface area (Å²) < 4.78 is 34.5. The first-order valence-electron chi connectivity index (χ1n) is 16.9. The molecule has 0 bridgehead atoms. The van der Waals surface area contributed by atoms with Crippen molar-refractivity contribution in [2.24, 2.45) is 0 Å². The molecular formula is C33H67NO7P+. The summed E-state index contributed by atoms with van der Waals surface area (Å²) in [6.45, 7) is 5.54. The number of phosphoric ester groups is 1. The average molecular weight is 621 g/mol. The molecule has 8 nitrogen and oxygen atoms in total. The molecule has 0 aromatic heterocycles. The Kier molecular flexibility index (Phi) is 27.3. The highest BCUT2D eigenvalue weighted by Gasteiger charge is 2.26. The van der Waals surface area contributed by atoms with Crippen molar-refractivity contribution < 1.29 is 37.3 Å². The van der Waals surface area contributed by atoms with Crippen molar-refractivity contribution in [3.05, 3.63) is 12.2 Å². The monoisotopic (exact) mass is 620 g/mol. The number of nitrogens with zero attached hydrogens (tertiary/aromatic N) is 1. The van der Waals surface area contributed by atoms with Gasteiger partial charge < -0.3 is 18.9 Å². The highest BCUT2D eigenvalue weighted by Crippen LogP contribution is 2.43. The van der Waals surface area contributed by atoms with E-state index in [9.17, 15) is 14.3 Å². The third-order valence-electron chi connectivity index (χ3n) is 7.08. The Balaban J connectivity index is 4.29. The maximum atomic E-state index is 12.5. The van der Waals surface area contributed by atoms with Gasteiger partial charge in [0.15, 0.2) is 0 Å². The normalized spacial score (nSPS) is 14.3. The lowest BCUT2D eigenvalue weighted by Gasteiger charge is -2.24. The maximum absolute atomic E-state index is 12.5. The summed E-state index contributed by atoms with van der Waals surface area (Å²) >= 11 is 0. The van der Waals surface area contributed by atoms with E-state index in [-0.39, 0.29) is 25.8 Å². The van der Waals surface area contributed by atoms with Crippen LogP contribution >= 0.6 is 7.82 Å². The van der Waals surface area contributed by atoms with E-state index in [1.165, 1.54) is 77.0 Å². The third kappa shape index (κ3) is 30.7. The highest BCUT2D eigenvalue weighted by molar-refractivity contribution is 7.47. The van der Waals surface area contributed by atoms with Crippen molar-refractivity contribution in [2.45, 2.75) is 142 Å². The Morgan fingerprint density at radius 3 is 1.81 bits per heavy atom. The Labute approximate surface area is 259 Å². The number of hydrogen-bond donors (Lipinski definition) is 1. The van der Waals surface area contributed by atoms with E-state index < -0.39 is 13.9 Å². The lowest BCUT2D eigenvalue weighted by atomic mass is 10.1. The minimum absolute atomic E-state index is 0.0890. The van der Waals surface area contributed by atoms with Gasteiger partial charge in [-0.25, -0.2) is 4.57 Å². The number of rotatable bonds is 31. The van der Waals surface area contributed by atoms with Crippen LogP contribution in [0.25, 0.3) is 0 Å². The number of carbonyl (C=O) groups excluding carboxylic acids is 1. The van der Waals surface area contributed by atoms with Crippen molar-refractivity contribution in [1.29, 1.82) is 0 Å². The van der Waals surface area contributed by atoms with E-state index in [1.54, 1.807) is 0 Å². The van der Waals surface area contributed by atoms with Crippen LogP contribution in [0.2, 0.25) is 0 Å². The zero-order chi connectivity index (χ0) is 31.4. The number of quaternary nitrogens is 1. The van der Waals surface area contributed by atoms with E-state index in [0.29, 0.717) is 24.1 Å². The fourth-order valence-electron chi connectivity index (χ4n) is 4.37. The molecule has 42 heavy (non-hydrogen) atoms. The molecule has 0 aliphatic rings. The number of likely N-dealkylation sites (N-methyl/N-ethyl adjacent to an activating group) is 1. The van der Waals surface area contributed by atoms with Crippen LogP contribution in [0.15, 0.2) is 12.2 Å². The average Bonchev–Trinajstić information content (AvgIpc) is 2.92. The Hall–Kier alpha value is -0.760. The number of hydrogen-bond acceptors (Lipinski definition) is 6. The first-order valence-corrected chi connectivity index (χ1v) is 18.4. The molecule has 0 radical (unpaired) electrons. The van der Waals surface area contributed by atoms with Gasteiger partial charge in [0.05, 0.1) is 34.4 Å². The second kappa shape index (κ2) is 27.8. The number of carbonyl (C=O) groups is 1. The molecule has 250 valence electrons. The van der Waals surface area contributed by atoms with Gasteiger partial charge in [-0.2, -0.15) is 0 Å². The van der Waals surface area contributed by atoms with Gasteiger partial charge >= 0.3 is 13.8 Å². The Morgan fingerprint density at radius 1 is 0.714 bits per heavy atom. The predicted octanol–water partition coefficient (Wildman–Crippen LogP) is 8.76. The fraction of sp³-hybridized carbons (Fsp3) is 0.909. The number of esters is 1. The predicted molar refractivity (Wildman–Crippen MR) is 174 cm³/mol. The van der Waals surface area contributed by atoms with Gasteiger partial charge in [0.2, 0.25) is 0 Å². The molecule has 0 aliphatic carbocycles. The Bertz CT molecular complexity index is 696. The second-order valence-electron chi connectivity index (χ2n) is 12.5. The van der Waals surface area contributed by atoms with Crippen molar-refractivity contribution in [3.8, 4) is 0 Å². The van der Waals surface area contributed by atoms with Crippen LogP contribution in [-0.4, -0.2) is 75.6 Å². The van der Waals surface area contributed by atoms with Crippen LogP contribution in [-0.2, 0) is 27.9 Å². The summed E-state index contributed by atoms with van der Waals surface area (Å²) in [7, 11) is 1.66. The van der Waals surface area contributed by atoms with Crippen LogP contribution in [0, 0.1) is 0 Å². The first kappa shape index (κ1) is 41.2. The number of phosphoric acid groups is 1. The number of allylic oxidation sites excluding steroid dienone is 2. The summed E-state index contributed by atoms with van der Waals surface area (Å²) in [6, 6.07) is 0. The molecule has 0 aromatic carbocycles. The summed E-state index contributed by atoms with van der Waals surface area (Å²) in [5, 5.41) is 0. The molecule has 9 heteroatoms. The molecule has 0 rings (SSSR count). The molecule has 0 aliphatic heterocycles. The summed E-state index contributed by atoms with van der Waals surface area (Å²) in [4.78, 5) is 22.6. The van der Waals surface area contributed by atoms with Crippen molar-refractivity contribution >= 4 is 13.8 Å². The zero-order valence-electron chi connectivity index (χ0n) is 28.0. The molecular weight excluding hydrogens is 553 g/mol. The van der Waals surface area contributed by atoms with Gasteiger partial charge in [0.25, 0.3) is 0 Å². The quantitative estimate of drug-likeness (QED) is 0.0272. The van der Waals surface area contributed by atoms with E-state index >= 15 is 0 Å². The van der Waals surface area contributed by atoms with Gasteiger partial charge in [-0.05, 0) is 38.5 Å². The number of ether oxygens (including phenoxy) is 2. The van der Waals surface area contributed by atoms with Crippen LogP contribution in [0.5, 0.6) is 0 Å². The minimum atomic E-state index is -4.25. The Morgan fingerprint density at radius 2 is 1.24 bits per heavy atom. The molecule has 1 N–H and O–H groups in total. The van der Waals surface area contributed by atoms with Gasteiger partial charge in [-0.15, -0.1) is 0 Å². The molecule has 2 unspecified atom stereocenters. The smallest absolute Gasteiger partial charge is 0.457 e. The SMILES string of the molecule is CCCCCCC/C=C\CCCCCCCC(=O)OC(COCCCCCCCC)COP(=O)(O)OCC[N+](C)(C)C. The highest BCUT2D eigenvalue weighted by atomic mass is 31.2. The molecule has 0 spiro atoms. The minimum Gasteiger partial charge on any atom is -0.457 e. The molecule has 2 atom stereocenters. The maximum Gasteiger partial charge on any atom is 0.472 e. The molecule has 0 saturated carbocycles. The van der Waals surface area contributed by atoms with Crippen molar-refractivity contribution in [2.75, 3.05) is 54.1 Å². The molecule has 0 aromatic rings. The lowest BCUT2D eigenvalue weighted by Crippen LogP contribution is -2.37. The van der Waals surface area contributed by atoms with Gasteiger partial charge in [0.1, 0.15) is 19.3 Å². The van der Waals surface area contributed by atoms with E-state index in [1.807, 2.05) is 21.1 Å². The standard InChI is InChI=1S/C33H66NO7P/c1-6-8-10-12-14-15-16-17-18-19-20-21-22-24-26-33(35)41-32(30-38-28-25-23-13-11-9-7-2)31-40-42(36,37)39-29-27-34(3,4)5/h16-17,32H,6-15,18-31H2,1-5H3/p+1/b17-16-. The van der Waals surface area contributed by atoms with Crippen LogP contribution in [0.3, 0.4) is 0 Å². The van der Waals surface area contributed by atoms with Gasteiger partial charge in [-0.3, -0.25) is 13.8 Å². The number of unbranched alkanes of at least 4 members (excludes halogenated alkanes) is 15. The van der Waals surface area contributed by atoms with Crippen LogP contribution in [0.1, 0.15) is 136 Å². The fourth-order valence-corrected chi connectivity index (χ4v) is 5.11.